The van der Waals surface area contributed by atoms with Crippen LogP contribution in [-0.2, 0) is 6.42 Å². The summed E-state index contributed by atoms with van der Waals surface area (Å²) >= 11 is 0. The van der Waals surface area contributed by atoms with Crippen LogP contribution < -0.4 is 0 Å². The Bertz CT molecular complexity index is 852. The first-order valence-corrected chi connectivity index (χ1v) is 10.4. The predicted octanol–water partition coefficient (Wildman–Crippen LogP) is 4.37. The van der Waals surface area contributed by atoms with E-state index in [1.54, 1.807) is 12.4 Å². The predicted molar refractivity (Wildman–Crippen MR) is 113 cm³/mol. The molecule has 29 heavy (non-hydrogen) atoms. The molecule has 2 aromatic heterocycles. The lowest BCUT2D eigenvalue weighted by Crippen LogP contribution is -2.36. The molecule has 6 nitrogen and oxygen atoms in total. The standard InChI is InChI=1S/C23H31N5O/c1-16(2)21-12-19(17(3)11-20(21)15-28(4)10-6-8-24)13-22-26-27-23(29-22)18-7-5-9-25-14-18/h5,7,9,11,14,16,19-21H,6,10,12-13,15H2,1-4H3. The third-order valence-corrected chi connectivity index (χ3v) is 6.01. The molecule has 1 aliphatic rings. The Kier molecular flexibility index (Phi) is 7.16. The summed E-state index contributed by atoms with van der Waals surface area (Å²) in [5.41, 5.74) is 2.25. The van der Waals surface area contributed by atoms with Gasteiger partial charge >= 0.3 is 0 Å². The van der Waals surface area contributed by atoms with Crippen LogP contribution in [0.3, 0.4) is 0 Å². The van der Waals surface area contributed by atoms with Crippen molar-refractivity contribution >= 4 is 0 Å². The van der Waals surface area contributed by atoms with Crippen molar-refractivity contribution < 1.29 is 4.42 Å². The number of nitriles is 1. The van der Waals surface area contributed by atoms with E-state index in [4.69, 9.17) is 9.68 Å². The molecule has 0 N–H and O–H groups in total. The lowest BCUT2D eigenvalue weighted by molar-refractivity contribution is 0.177. The number of aromatic nitrogens is 3. The van der Waals surface area contributed by atoms with Crippen LogP contribution in [0, 0.1) is 35.0 Å². The maximum Gasteiger partial charge on any atom is 0.249 e. The van der Waals surface area contributed by atoms with Gasteiger partial charge in [-0.1, -0.05) is 25.5 Å². The molecule has 0 bridgehead atoms. The number of allylic oxidation sites excluding steroid dienone is 1. The molecular weight excluding hydrogens is 362 g/mol. The second-order valence-corrected chi connectivity index (χ2v) is 8.53. The van der Waals surface area contributed by atoms with Crippen molar-refractivity contribution in [3.05, 3.63) is 42.1 Å². The Hall–Kier alpha value is -2.52. The van der Waals surface area contributed by atoms with E-state index in [0.29, 0.717) is 41.9 Å². The first-order chi connectivity index (χ1) is 14.0. The molecule has 1 aliphatic carbocycles. The molecule has 3 atom stereocenters. The van der Waals surface area contributed by atoms with Gasteiger partial charge in [-0.15, -0.1) is 10.2 Å². The molecule has 0 aliphatic heterocycles. The zero-order chi connectivity index (χ0) is 20.8. The maximum absolute atomic E-state index is 8.84. The molecule has 0 aromatic carbocycles. The van der Waals surface area contributed by atoms with E-state index in [1.807, 2.05) is 12.1 Å². The Balaban J connectivity index is 1.70. The van der Waals surface area contributed by atoms with Crippen LogP contribution in [0.1, 0.15) is 39.5 Å². The zero-order valence-electron chi connectivity index (χ0n) is 17.9. The van der Waals surface area contributed by atoms with Gasteiger partial charge in [-0.25, -0.2) is 0 Å². The third kappa shape index (κ3) is 5.51. The van der Waals surface area contributed by atoms with Gasteiger partial charge in [0, 0.05) is 38.3 Å². The van der Waals surface area contributed by atoms with Gasteiger partial charge < -0.3 is 9.32 Å². The summed E-state index contributed by atoms with van der Waals surface area (Å²) in [6.45, 7) is 8.67. The van der Waals surface area contributed by atoms with E-state index in [1.165, 1.54) is 5.57 Å². The highest BCUT2D eigenvalue weighted by molar-refractivity contribution is 5.49. The largest absolute Gasteiger partial charge is 0.421 e. The highest BCUT2D eigenvalue weighted by atomic mass is 16.4. The summed E-state index contributed by atoms with van der Waals surface area (Å²) in [6.07, 6.45) is 8.40. The molecule has 0 saturated carbocycles. The second-order valence-electron chi connectivity index (χ2n) is 8.53. The van der Waals surface area contributed by atoms with Gasteiger partial charge in [-0.3, -0.25) is 4.98 Å². The Morgan fingerprint density at radius 1 is 1.34 bits per heavy atom. The van der Waals surface area contributed by atoms with Crippen molar-refractivity contribution in [1.29, 1.82) is 5.26 Å². The van der Waals surface area contributed by atoms with E-state index >= 15 is 0 Å². The number of nitrogens with zero attached hydrogens (tertiary/aromatic N) is 5. The van der Waals surface area contributed by atoms with Crippen molar-refractivity contribution in [3.63, 3.8) is 0 Å². The molecule has 0 spiro atoms. The lowest BCUT2D eigenvalue weighted by Gasteiger charge is -2.38. The molecule has 0 fully saturated rings. The smallest absolute Gasteiger partial charge is 0.249 e. The minimum absolute atomic E-state index is 0.422. The van der Waals surface area contributed by atoms with Crippen molar-refractivity contribution in [2.24, 2.45) is 23.7 Å². The second kappa shape index (κ2) is 9.80. The van der Waals surface area contributed by atoms with E-state index in [-0.39, 0.29) is 0 Å². The minimum atomic E-state index is 0.422. The normalized spacial score (nSPS) is 22.0. The van der Waals surface area contributed by atoms with Gasteiger partial charge in [0.15, 0.2) is 0 Å². The van der Waals surface area contributed by atoms with Gasteiger partial charge in [-0.05, 0) is 56.2 Å². The highest BCUT2D eigenvalue weighted by Crippen LogP contribution is 2.39. The fraction of sp³-hybridized carbons (Fsp3) is 0.565. The summed E-state index contributed by atoms with van der Waals surface area (Å²) in [7, 11) is 2.11. The molecule has 6 heteroatoms. The molecule has 3 unspecified atom stereocenters. The van der Waals surface area contributed by atoms with Crippen LogP contribution in [0.25, 0.3) is 11.5 Å². The summed E-state index contributed by atoms with van der Waals surface area (Å²) in [4.78, 5) is 6.40. The molecule has 0 amide bonds. The SMILES string of the molecule is CC1=CC(CN(C)CCC#N)C(C(C)C)CC1Cc1nnc(-c2cccnc2)o1. The number of hydrogen-bond acceptors (Lipinski definition) is 6. The van der Waals surface area contributed by atoms with Crippen LogP contribution in [0.15, 0.2) is 40.6 Å². The van der Waals surface area contributed by atoms with E-state index in [2.05, 4.69) is 60.0 Å². The summed E-state index contributed by atoms with van der Waals surface area (Å²) in [6, 6.07) is 6.04. The number of pyridine rings is 1. The Morgan fingerprint density at radius 3 is 2.86 bits per heavy atom. The Morgan fingerprint density at radius 2 is 2.17 bits per heavy atom. The van der Waals surface area contributed by atoms with Crippen LogP contribution in [0.2, 0.25) is 0 Å². The van der Waals surface area contributed by atoms with E-state index < -0.39 is 0 Å². The van der Waals surface area contributed by atoms with Crippen LogP contribution in [-0.4, -0.2) is 40.2 Å². The molecular formula is C23H31N5O. The fourth-order valence-electron chi connectivity index (χ4n) is 4.33. The summed E-state index contributed by atoms with van der Waals surface area (Å²) in [5.74, 6) is 3.37. The monoisotopic (exact) mass is 393 g/mol. The Labute approximate surface area is 173 Å². The van der Waals surface area contributed by atoms with E-state index in [9.17, 15) is 0 Å². The minimum Gasteiger partial charge on any atom is -0.421 e. The van der Waals surface area contributed by atoms with E-state index in [0.717, 1.165) is 31.5 Å². The van der Waals surface area contributed by atoms with Crippen molar-refractivity contribution in [3.8, 4) is 17.5 Å². The molecule has 154 valence electrons. The first kappa shape index (κ1) is 21.2. The fourth-order valence-corrected chi connectivity index (χ4v) is 4.33. The highest BCUT2D eigenvalue weighted by Gasteiger charge is 2.33. The van der Waals surface area contributed by atoms with Gasteiger partial charge in [0.2, 0.25) is 11.8 Å². The first-order valence-electron chi connectivity index (χ1n) is 10.4. The number of hydrogen-bond donors (Lipinski definition) is 0. The average molecular weight is 394 g/mol. The summed E-state index contributed by atoms with van der Waals surface area (Å²) in [5, 5.41) is 17.3. The zero-order valence-corrected chi connectivity index (χ0v) is 17.9. The average Bonchev–Trinajstić information content (AvgIpc) is 3.17. The molecule has 0 saturated heterocycles. The van der Waals surface area contributed by atoms with Crippen LogP contribution >= 0.6 is 0 Å². The maximum atomic E-state index is 8.84. The van der Waals surface area contributed by atoms with Gasteiger partial charge in [-0.2, -0.15) is 5.26 Å². The van der Waals surface area contributed by atoms with Crippen LogP contribution in [0.5, 0.6) is 0 Å². The van der Waals surface area contributed by atoms with Crippen molar-refractivity contribution in [2.75, 3.05) is 20.1 Å². The molecule has 2 aromatic rings. The van der Waals surface area contributed by atoms with Gasteiger partial charge in [0.1, 0.15) is 0 Å². The van der Waals surface area contributed by atoms with Gasteiger partial charge in [0.25, 0.3) is 0 Å². The quantitative estimate of drug-likeness (QED) is 0.620. The molecule has 2 heterocycles. The molecule has 3 rings (SSSR count). The van der Waals surface area contributed by atoms with Crippen molar-refractivity contribution in [2.45, 2.75) is 40.0 Å². The van der Waals surface area contributed by atoms with Crippen LogP contribution in [0.4, 0.5) is 0 Å². The molecule has 0 radical (unpaired) electrons. The number of rotatable bonds is 8. The third-order valence-electron chi connectivity index (χ3n) is 6.01. The summed E-state index contributed by atoms with van der Waals surface area (Å²) < 4.78 is 5.92. The van der Waals surface area contributed by atoms with Crippen molar-refractivity contribution in [1.82, 2.24) is 20.1 Å². The van der Waals surface area contributed by atoms with Gasteiger partial charge in [0.05, 0.1) is 11.6 Å². The topological polar surface area (TPSA) is 78.8 Å². The lowest BCUT2D eigenvalue weighted by atomic mass is 9.69.